The molecule has 114 valence electrons. The predicted octanol–water partition coefficient (Wildman–Crippen LogP) is 1.84. The molecule has 2 N–H and O–H groups in total. The number of halogens is 2. The van der Waals surface area contributed by atoms with Crippen molar-refractivity contribution >= 4 is 10.0 Å². The Balaban J connectivity index is 2.40. The van der Waals surface area contributed by atoms with Gasteiger partial charge in [0.1, 0.15) is 10.7 Å². The van der Waals surface area contributed by atoms with Crippen molar-refractivity contribution in [2.24, 2.45) is 5.73 Å². The van der Waals surface area contributed by atoms with E-state index >= 15 is 0 Å². The molecule has 0 unspecified atom stereocenters. The summed E-state index contributed by atoms with van der Waals surface area (Å²) in [6.07, 6.45) is 2.79. The van der Waals surface area contributed by atoms with Crippen LogP contribution in [-0.2, 0) is 23.1 Å². The highest BCUT2D eigenvalue weighted by atomic mass is 32.2. The minimum Gasteiger partial charge on any atom is -0.472 e. The van der Waals surface area contributed by atoms with Crippen LogP contribution in [0.25, 0.3) is 0 Å². The molecule has 1 aromatic carbocycles. The van der Waals surface area contributed by atoms with Gasteiger partial charge in [0.05, 0.1) is 12.5 Å². The summed E-state index contributed by atoms with van der Waals surface area (Å²) in [5.74, 6) is -2.03. The number of benzene rings is 1. The quantitative estimate of drug-likeness (QED) is 0.913. The minimum atomic E-state index is -4.10. The second-order valence-electron chi connectivity index (χ2n) is 4.43. The van der Waals surface area contributed by atoms with Gasteiger partial charge in [-0.2, -0.15) is 4.31 Å². The van der Waals surface area contributed by atoms with Crippen LogP contribution in [0.3, 0.4) is 0 Å². The van der Waals surface area contributed by atoms with Crippen molar-refractivity contribution in [1.82, 2.24) is 4.31 Å². The van der Waals surface area contributed by atoms with Crippen molar-refractivity contribution in [1.29, 1.82) is 0 Å². The molecule has 0 saturated heterocycles. The highest BCUT2D eigenvalue weighted by molar-refractivity contribution is 7.89. The fourth-order valence-corrected chi connectivity index (χ4v) is 3.10. The molecular weight excluding hydrogens is 302 g/mol. The Morgan fingerprint density at radius 2 is 2.00 bits per heavy atom. The van der Waals surface area contributed by atoms with E-state index in [0.29, 0.717) is 5.56 Å². The van der Waals surface area contributed by atoms with E-state index in [2.05, 4.69) is 0 Å². The SMILES string of the molecule is CN(Cc1ccoc1)S(=O)(=O)c1ccc(F)c(CN)c1F. The van der Waals surface area contributed by atoms with Gasteiger partial charge in [0.15, 0.2) is 5.82 Å². The van der Waals surface area contributed by atoms with Crippen molar-refractivity contribution in [2.75, 3.05) is 7.05 Å². The highest BCUT2D eigenvalue weighted by Crippen LogP contribution is 2.24. The molecule has 21 heavy (non-hydrogen) atoms. The zero-order chi connectivity index (χ0) is 15.6. The van der Waals surface area contributed by atoms with Crippen molar-refractivity contribution in [3.05, 3.63) is 53.5 Å². The molecule has 2 aromatic rings. The number of rotatable bonds is 5. The summed E-state index contributed by atoms with van der Waals surface area (Å²) in [6.45, 7) is -0.417. The summed E-state index contributed by atoms with van der Waals surface area (Å²) >= 11 is 0. The van der Waals surface area contributed by atoms with E-state index in [1.807, 2.05) is 0 Å². The second kappa shape index (κ2) is 5.92. The van der Waals surface area contributed by atoms with Crippen LogP contribution in [0, 0.1) is 11.6 Å². The van der Waals surface area contributed by atoms with E-state index in [9.17, 15) is 17.2 Å². The Bertz CT molecular complexity index is 730. The number of nitrogens with two attached hydrogens (primary N) is 1. The Hall–Kier alpha value is -1.77. The molecule has 5 nitrogen and oxygen atoms in total. The molecule has 2 rings (SSSR count). The van der Waals surface area contributed by atoms with Gasteiger partial charge < -0.3 is 10.2 Å². The molecule has 0 aliphatic carbocycles. The molecule has 0 amide bonds. The Labute approximate surface area is 121 Å². The minimum absolute atomic E-state index is 0.00755. The standard InChI is InChI=1S/C13H14F2N2O3S/c1-17(7-9-4-5-20-8-9)21(18,19)12-3-2-11(14)10(6-16)13(12)15/h2-5,8H,6-7,16H2,1H3. The monoisotopic (exact) mass is 316 g/mol. The van der Waals surface area contributed by atoms with Crippen LogP contribution < -0.4 is 5.73 Å². The molecule has 1 aromatic heterocycles. The van der Waals surface area contributed by atoms with E-state index in [1.165, 1.54) is 19.6 Å². The summed E-state index contributed by atoms with van der Waals surface area (Å²) in [5, 5.41) is 0. The summed E-state index contributed by atoms with van der Waals surface area (Å²) < 4.78 is 58.0. The number of hydrogen-bond donors (Lipinski definition) is 1. The normalized spacial score (nSPS) is 12.0. The van der Waals surface area contributed by atoms with Crippen LogP contribution in [0.2, 0.25) is 0 Å². The van der Waals surface area contributed by atoms with Gasteiger partial charge in [-0.25, -0.2) is 17.2 Å². The van der Waals surface area contributed by atoms with Crippen molar-refractivity contribution in [3.63, 3.8) is 0 Å². The van der Waals surface area contributed by atoms with Gasteiger partial charge in [-0.3, -0.25) is 0 Å². The van der Waals surface area contributed by atoms with Gasteiger partial charge in [-0.15, -0.1) is 0 Å². The topological polar surface area (TPSA) is 76.5 Å². The Kier molecular flexibility index (Phi) is 4.40. The average Bonchev–Trinajstić information content (AvgIpc) is 2.91. The number of nitrogens with zero attached hydrogens (tertiary/aromatic N) is 1. The molecule has 0 spiro atoms. The van der Waals surface area contributed by atoms with E-state index in [1.54, 1.807) is 6.07 Å². The average molecular weight is 316 g/mol. The lowest BCUT2D eigenvalue weighted by Gasteiger charge is -2.17. The molecule has 0 atom stereocenters. The van der Waals surface area contributed by atoms with E-state index in [4.69, 9.17) is 10.2 Å². The van der Waals surface area contributed by atoms with Crippen LogP contribution in [0.15, 0.2) is 40.0 Å². The zero-order valence-corrected chi connectivity index (χ0v) is 12.0. The molecule has 0 radical (unpaired) electrons. The number of furan rings is 1. The van der Waals surface area contributed by atoms with E-state index < -0.39 is 38.7 Å². The number of hydrogen-bond acceptors (Lipinski definition) is 4. The van der Waals surface area contributed by atoms with Crippen molar-refractivity contribution in [3.8, 4) is 0 Å². The molecule has 0 fully saturated rings. The molecular formula is C13H14F2N2O3S. The maximum Gasteiger partial charge on any atom is 0.246 e. The molecule has 1 heterocycles. The van der Waals surface area contributed by atoms with Crippen LogP contribution >= 0.6 is 0 Å². The largest absolute Gasteiger partial charge is 0.472 e. The fourth-order valence-electron chi connectivity index (χ4n) is 1.86. The first-order valence-electron chi connectivity index (χ1n) is 6.02. The van der Waals surface area contributed by atoms with Crippen molar-refractivity contribution in [2.45, 2.75) is 18.0 Å². The molecule has 0 saturated carbocycles. The predicted molar refractivity (Wildman–Crippen MR) is 71.6 cm³/mol. The van der Waals surface area contributed by atoms with Gasteiger partial charge in [0, 0.05) is 31.3 Å². The fraction of sp³-hybridized carbons (Fsp3) is 0.231. The maximum atomic E-state index is 14.1. The summed E-state index contributed by atoms with van der Waals surface area (Å²) in [5.41, 5.74) is 5.41. The molecule has 0 aliphatic rings. The lowest BCUT2D eigenvalue weighted by atomic mass is 10.2. The third-order valence-electron chi connectivity index (χ3n) is 3.03. The molecule has 0 aliphatic heterocycles. The lowest BCUT2D eigenvalue weighted by molar-refractivity contribution is 0.454. The lowest BCUT2D eigenvalue weighted by Crippen LogP contribution is -2.27. The maximum absolute atomic E-state index is 14.1. The second-order valence-corrected chi connectivity index (χ2v) is 6.45. The van der Waals surface area contributed by atoms with Gasteiger partial charge in [0.2, 0.25) is 10.0 Å². The highest BCUT2D eigenvalue weighted by Gasteiger charge is 2.27. The molecule has 8 heteroatoms. The first-order valence-corrected chi connectivity index (χ1v) is 7.46. The summed E-state index contributed by atoms with van der Waals surface area (Å²) in [7, 11) is -2.80. The van der Waals surface area contributed by atoms with E-state index in [0.717, 1.165) is 16.4 Å². The van der Waals surface area contributed by atoms with Gasteiger partial charge in [0.25, 0.3) is 0 Å². The van der Waals surface area contributed by atoms with Gasteiger partial charge in [-0.1, -0.05) is 0 Å². The summed E-state index contributed by atoms with van der Waals surface area (Å²) in [4.78, 5) is -0.602. The summed E-state index contributed by atoms with van der Waals surface area (Å²) in [6, 6.07) is 3.38. The Morgan fingerprint density at radius 3 is 2.57 bits per heavy atom. The van der Waals surface area contributed by atoms with Crippen LogP contribution in [0.1, 0.15) is 11.1 Å². The van der Waals surface area contributed by atoms with Crippen LogP contribution in [0.5, 0.6) is 0 Å². The first-order chi connectivity index (χ1) is 9.87. The van der Waals surface area contributed by atoms with Gasteiger partial charge in [-0.05, 0) is 18.2 Å². The van der Waals surface area contributed by atoms with Crippen LogP contribution in [0.4, 0.5) is 8.78 Å². The van der Waals surface area contributed by atoms with Crippen LogP contribution in [-0.4, -0.2) is 19.8 Å². The number of sulfonamides is 1. The zero-order valence-electron chi connectivity index (χ0n) is 11.2. The molecule has 0 bridgehead atoms. The Morgan fingerprint density at radius 1 is 1.29 bits per heavy atom. The van der Waals surface area contributed by atoms with E-state index in [-0.39, 0.29) is 6.54 Å². The third-order valence-corrected chi connectivity index (χ3v) is 4.85. The first kappa shape index (κ1) is 15.6. The van der Waals surface area contributed by atoms with Gasteiger partial charge >= 0.3 is 0 Å². The smallest absolute Gasteiger partial charge is 0.246 e. The van der Waals surface area contributed by atoms with Crippen molar-refractivity contribution < 1.29 is 21.6 Å². The third kappa shape index (κ3) is 2.97.